The molecular weight excluding hydrogens is 252 g/mol. The first-order valence-electron chi connectivity index (χ1n) is 6.99. The number of aryl methyl sites for hydroxylation is 1. The lowest BCUT2D eigenvalue weighted by Gasteiger charge is -2.22. The van der Waals surface area contributed by atoms with Gasteiger partial charge in [0.15, 0.2) is 0 Å². The zero-order chi connectivity index (χ0) is 15.3. The van der Waals surface area contributed by atoms with E-state index < -0.39 is 6.04 Å². The molecule has 1 atom stereocenters. The Morgan fingerprint density at radius 1 is 1.40 bits per heavy atom. The molecule has 1 amide bonds. The number of carbonyl (C=O) groups excluding carboxylic acids is 1. The molecular formula is C16H26N2O2. The molecule has 0 aliphatic heterocycles. The van der Waals surface area contributed by atoms with Crippen LogP contribution in [-0.2, 0) is 11.3 Å². The molecule has 0 radical (unpaired) electrons. The summed E-state index contributed by atoms with van der Waals surface area (Å²) < 4.78 is 5.23. The zero-order valence-electron chi connectivity index (χ0n) is 13.1. The molecule has 112 valence electrons. The third-order valence-corrected chi connectivity index (χ3v) is 3.30. The maximum absolute atomic E-state index is 12.2. The molecule has 0 unspecified atom stereocenters. The van der Waals surface area contributed by atoms with Crippen LogP contribution in [0.3, 0.4) is 0 Å². The summed E-state index contributed by atoms with van der Waals surface area (Å²) in [5, 5.41) is 0. The number of benzene rings is 1. The monoisotopic (exact) mass is 278 g/mol. The van der Waals surface area contributed by atoms with Crippen molar-refractivity contribution >= 4 is 5.91 Å². The largest absolute Gasteiger partial charge is 0.496 e. The highest BCUT2D eigenvalue weighted by atomic mass is 16.5. The number of hydrogen-bond donors (Lipinski definition) is 1. The molecule has 0 aromatic heterocycles. The topological polar surface area (TPSA) is 55.6 Å². The van der Waals surface area contributed by atoms with Crippen LogP contribution in [0.5, 0.6) is 5.75 Å². The lowest BCUT2D eigenvalue weighted by atomic mass is 10.0. The number of amides is 1. The second kappa shape index (κ2) is 7.29. The van der Waals surface area contributed by atoms with Crippen LogP contribution in [0.4, 0.5) is 0 Å². The quantitative estimate of drug-likeness (QED) is 0.869. The Morgan fingerprint density at radius 2 is 2.05 bits per heavy atom. The lowest BCUT2D eigenvalue weighted by molar-refractivity contribution is -0.132. The Balaban J connectivity index is 2.68. The van der Waals surface area contributed by atoms with Crippen molar-refractivity contribution in [2.24, 2.45) is 11.7 Å². The number of carbonyl (C=O) groups is 1. The third-order valence-electron chi connectivity index (χ3n) is 3.30. The minimum atomic E-state index is -0.417. The summed E-state index contributed by atoms with van der Waals surface area (Å²) in [5.74, 6) is 1.27. The Bertz CT molecular complexity index is 458. The Morgan fingerprint density at radius 3 is 2.55 bits per heavy atom. The van der Waals surface area contributed by atoms with Gasteiger partial charge in [-0.1, -0.05) is 26.0 Å². The van der Waals surface area contributed by atoms with Crippen molar-refractivity contribution in [2.75, 3.05) is 14.2 Å². The van der Waals surface area contributed by atoms with Crippen molar-refractivity contribution in [1.82, 2.24) is 4.90 Å². The number of nitrogens with two attached hydrogens (primary N) is 1. The number of methoxy groups -OCH3 is 1. The van der Waals surface area contributed by atoms with Crippen molar-refractivity contribution in [3.63, 3.8) is 0 Å². The lowest BCUT2D eigenvalue weighted by Crippen LogP contribution is -2.42. The van der Waals surface area contributed by atoms with E-state index in [1.807, 2.05) is 25.1 Å². The fourth-order valence-corrected chi connectivity index (χ4v) is 2.28. The molecule has 0 aliphatic carbocycles. The van der Waals surface area contributed by atoms with Gasteiger partial charge in [0, 0.05) is 13.6 Å². The van der Waals surface area contributed by atoms with E-state index in [4.69, 9.17) is 10.5 Å². The SMILES string of the molecule is COc1ccc(CN(C)C(=O)[C@@H](N)CC(C)C)cc1C. The molecule has 4 heteroatoms. The van der Waals surface area contributed by atoms with E-state index in [0.717, 1.165) is 16.9 Å². The maximum Gasteiger partial charge on any atom is 0.239 e. The smallest absolute Gasteiger partial charge is 0.239 e. The van der Waals surface area contributed by atoms with E-state index >= 15 is 0 Å². The average Bonchev–Trinajstić information content (AvgIpc) is 2.37. The summed E-state index contributed by atoms with van der Waals surface area (Å²) in [7, 11) is 3.45. The summed E-state index contributed by atoms with van der Waals surface area (Å²) in [6.45, 7) is 6.70. The normalized spacial score (nSPS) is 12.3. The molecule has 1 aromatic rings. The van der Waals surface area contributed by atoms with Gasteiger partial charge in [-0.15, -0.1) is 0 Å². The second-order valence-corrected chi connectivity index (χ2v) is 5.73. The van der Waals surface area contributed by atoms with Gasteiger partial charge in [-0.2, -0.15) is 0 Å². The summed E-state index contributed by atoms with van der Waals surface area (Å²) in [6.07, 6.45) is 0.713. The van der Waals surface area contributed by atoms with Crippen molar-refractivity contribution < 1.29 is 9.53 Å². The van der Waals surface area contributed by atoms with Gasteiger partial charge in [-0.05, 0) is 36.5 Å². The van der Waals surface area contributed by atoms with Gasteiger partial charge < -0.3 is 15.4 Å². The van der Waals surface area contributed by atoms with E-state index in [1.165, 1.54) is 0 Å². The molecule has 0 saturated heterocycles. The van der Waals surface area contributed by atoms with E-state index in [2.05, 4.69) is 13.8 Å². The van der Waals surface area contributed by atoms with Crippen LogP contribution in [0.1, 0.15) is 31.4 Å². The van der Waals surface area contributed by atoms with Crippen molar-refractivity contribution in [3.8, 4) is 5.75 Å². The molecule has 0 fully saturated rings. The van der Waals surface area contributed by atoms with E-state index in [0.29, 0.717) is 18.9 Å². The van der Waals surface area contributed by atoms with Gasteiger partial charge in [0.25, 0.3) is 0 Å². The molecule has 0 saturated carbocycles. The zero-order valence-corrected chi connectivity index (χ0v) is 13.1. The average molecular weight is 278 g/mol. The fraction of sp³-hybridized carbons (Fsp3) is 0.562. The molecule has 20 heavy (non-hydrogen) atoms. The molecule has 1 aromatic carbocycles. The van der Waals surface area contributed by atoms with Crippen molar-refractivity contribution in [2.45, 2.75) is 39.8 Å². The van der Waals surface area contributed by atoms with Gasteiger partial charge >= 0.3 is 0 Å². The Hall–Kier alpha value is -1.55. The predicted octanol–water partition coefficient (Wildman–Crippen LogP) is 2.34. The standard InChI is InChI=1S/C16H26N2O2/c1-11(2)8-14(17)16(19)18(4)10-13-6-7-15(20-5)12(3)9-13/h6-7,9,11,14H,8,10,17H2,1-5H3/t14-/m0/s1. The minimum Gasteiger partial charge on any atom is -0.496 e. The van der Waals surface area contributed by atoms with Crippen molar-refractivity contribution in [1.29, 1.82) is 0 Å². The summed E-state index contributed by atoms with van der Waals surface area (Å²) in [6, 6.07) is 5.52. The fourth-order valence-electron chi connectivity index (χ4n) is 2.28. The van der Waals surface area contributed by atoms with Crippen LogP contribution in [-0.4, -0.2) is 31.0 Å². The summed E-state index contributed by atoms with van der Waals surface area (Å²) in [5.41, 5.74) is 8.08. The highest BCUT2D eigenvalue weighted by Gasteiger charge is 2.19. The van der Waals surface area contributed by atoms with Gasteiger partial charge in [0.05, 0.1) is 13.2 Å². The minimum absolute atomic E-state index is 0.00725. The van der Waals surface area contributed by atoms with Gasteiger partial charge in [0.2, 0.25) is 5.91 Å². The van der Waals surface area contributed by atoms with Crippen LogP contribution >= 0.6 is 0 Å². The molecule has 1 rings (SSSR count). The van der Waals surface area contributed by atoms with Crippen LogP contribution in [0, 0.1) is 12.8 Å². The number of rotatable bonds is 6. The Kier molecular flexibility index (Phi) is 6.02. The summed E-state index contributed by atoms with van der Waals surface area (Å²) >= 11 is 0. The highest BCUT2D eigenvalue weighted by Crippen LogP contribution is 2.19. The molecule has 0 bridgehead atoms. The molecule has 4 nitrogen and oxygen atoms in total. The third kappa shape index (κ3) is 4.53. The number of hydrogen-bond acceptors (Lipinski definition) is 3. The molecule has 0 heterocycles. The second-order valence-electron chi connectivity index (χ2n) is 5.73. The van der Waals surface area contributed by atoms with Gasteiger partial charge in [0.1, 0.15) is 5.75 Å². The number of likely N-dealkylation sites (N-methyl/N-ethyl adjacent to an activating group) is 1. The van der Waals surface area contributed by atoms with E-state index in [9.17, 15) is 4.79 Å². The van der Waals surface area contributed by atoms with Gasteiger partial charge in [-0.25, -0.2) is 0 Å². The first-order chi connectivity index (χ1) is 9.35. The number of ether oxygens (including phenoxy) is 1. The molecule has 0 aliphatic rings. The number of nitrogens with zero attached hydrogens (tertiary/aromatic N) is 1. The van der Waals surface area contributed by atoms with E-state index in [-0.39, 0.29) is 5.91 Å². The van der Waals surface area contributed by atoms with Crippen LogP contribution in [0.2, 0.25) is 0 Å². The predicted molar refractivity (Wildman–Crippen MR) is 81.6 cm³/mol. The van der Waals surface area contributed by atoms with Crippen LogP contribution in [0.25, 0.3) is 0 Å². The maximum atomic E-state index is 12.2. The van der Waals surface area contributed by atoms with Crippen molar-refractivity contribution in [3.05, 3.63) is 29.3 Å². The van der Waals surface area contributed by atoms with Crippen LogP contribution in [0.15, 0.2) is 18.2 Å². The molecule has 0 spiro atoms. The first-order valence-corrected chi connectivity index (χ1v) is 6.99. The first kappa shape index (κ1) is 16.5. The molecule has 2 N–H and O–H groups in total. The summed E-state index contributed by atoms with van der Waals surface area (Å²) in [4.78, 5) is 13.9. The van der Waals surface area contributed by atoms with Gasteiger partial charge in [-0.3, -0.25) is 4.79 Å². The Labute approximate surface area is 121 Å². The van der Waals surface area contributed by atoms with E-state index in [1.54, 1.807) is 19.1 Å². The highest BCUT2D eigenvalue weighted by molar-refractivity contribution is 5.81. The van der Waals surface area contributed by atoms with Crippen LogP contribution < -0.4 is 10.5 Å².